The van der Waals surface area contributed by atoms with E-state index in [0.29, 0.717) is 0 Å². The summed E-state index contributed by atoms with van der Waals surface area (Å²) in [4.78, 5) is 15.4. The Morgan fingerprint density at radius 3 is 3.06 bits per heavy atom. The van der Waals surface area contributed by atoms with Crippen molar-refractivity contribution in [3.63, 3.8) is 0 Å². The van der Waals surface area contributed by atoms with Crippen molar-refractivity contribution >= 4 is 17.5 Å². The summed E-state index contributed by atoms with van der Waals surface area (Å²) in [6.45, 7) is 2.83. The molecule has 0 saturated heterocycles. The minimum atomic E-state index is -0.443. The van der Waals surface area contributed by atoms with E-state index >= 15 is 0 Å². The van der Waals surface area contributed by atoms with Gasteiger partial charge >= 0.3 is 6.09 Å². The summed E-state index contributed by atoms with van der Waals surface area (Å²) in [7, 11) is 1.35. The summed E-state index contributed by atoms with van der Waals surface area (Å²) in [5.74, 6) is 0. The Labute approximate surface area is 94.3 Å². The fourth-order valence-electron chi connectivity index (χ4n) is 1.83. The molecule has 4 nitrogen and oxygen atoms in total. The SMILES string of the molecule is COC(=O)Nc1ccc2c(c1)CCN=C2C. The first kappa shape index (κ1) is 10.7. The zero-order chi connectivity index (χ0) is 11.5. The van der Waals surface area contributed by atoms with Crippen LogP contribution in [0.4, 0.5) is 10.5 Å². The second-order valence-corrected chi connectivity index (χ2v) is 3.71. The monoisotopic (exact) mass is 218 g/mol. The number of carbonyl (C=O) groups excluding carboxylic acids is 1. The Balaban J connectivity index is 2.26. The maximum atomic E-state index is 11.1. The number of carbonyl (C=O) groups is 1. The van der Waals surface area contributed by atoms with E-state index < -0.39 is 6.09 Å². The summed E-state index contributed by atoms with van der Waals surface area (Å²) in [5.41, 5.74) is 4.22. The lowest BCUT2D eigenvalue weighted by Gasteiger charge is -2.15. The number of nitrogens with one attached hydrogen (secondary N) is 1. The van der Waals surface area contributed by atoms with Crippen LogP contribution in [0.5, 0.6) is 0 Å². The molecule has 0 saturated carbocycles. The van der Waals surface area contributed by atoms with Gasteiger partial charge in [0.05, 0.1) is 7.11 Å². The molecular weight excluding hydrogens is 204 g/mol. The van der Waals surface area contributed by atoms with E-state index in [2.05, 4.69) is 15.0 Å². The molecule has 1 aliphatic rings. The van der Waals surface area contributed by atoms with Crippen LogP contribution in [0.1, 0.15) is 18.1 Å². The van der Waals surface area contributed by atoms with Gasteiger partial charge in [0.15, 0.2) is 0 Å². The molecule has 1 heterocycles. The topological polar surface area (TPSA) is 50.7 Å². The molecule has 0 atom stereocenters. The van der Waals surface area contributed by atoms with E-state index in [1.54, 1.807) is 0 Å². The van der Waals surface area contributed by atoms with Crippen molar-refractivity contribution in [1.82, 2.24) is 0 Å². The standard InChI is InChI=1S/C12H14N2O2/c1-8-11-4-3-10(14-12(15)16-2)7-9(11)5-6-13-8/h3-4,7H,5-6H2,1-2H3,(H,14,15). The fraction of sp³-hybridized carbons (Fsp3) is 0.333. The fourth-order valence-corrected chi connectivity index (χ4v) is 1.83. The first-order chi connectivity index (χ1) is 7.70. The lowest BCUT2D eigenvalue weighted by molar-refractivity contribution is 0.187. The molecule has 84 valence electrons. The first-order valence-corrected chi connectivity index (χ1v) is 5.20. The van der Waals surface area contributed by atoms with Crippen LogP contribution in [0.25, 0.3) is 0 Å². The maximum Gasteiger partial charge on any atom is 0.411 e. The van der Waals surface area contributed by atoms with Crippen LogP contribution in [0.3, 0.4) is 0 Å². The number of rotatable bonds is 1. The van der Waals surface area contributed by atoms with E-state index in [1.807, 2.05) is 25.1 Å². The van der Waals surface area contributed by atoms with Crippen molar-refractivity contribution in [2.75, 3.05) is 19.0 Å². The first-order valence-electron chi connectivity index (χ1n) is 5.20. The number of nitrogens with zero attached hydrogens (tertiary/aromatic N) is 1. The molecule has 2 rings (SSSR count). The highest BCUT2D eigenvalue weighted by molar-refractivity contribution is 6.01. The highest BCUT2D eigenvalue weighted by Crippen LogP contribution is 2.20. The molecule has 0 radical (unpaired) electrons. The van der Waals surface area contributed by atoms with Gasteiger partial charge in [-0.1, -0.05) is 6.07 Å². The van der Waals surface area contributed by atoms with Gasteiger partial charge in [0.1, 0.15) is 0 Å². The third-order valence-electron chi connectivity index (χ3n) is 2.66. The minimum absolute atomic E-state index is 0.443. The smallest absolute Gasteiger partial charge is 0.411 e. The molecule has 1 aromatic carbocycles. The van der Waals surface area contributed by atoms with Gasteiger partial charge in [-0.25, -0.2) is 4.79 Å². The average Bonchev–Trinajstić information content (AvgIpc) is 2.29. The predicted molar refractivity (Wildman–Crippen MR) is 63.3 cm³/mol. The third-order valence-corrected chi connectivity index (χ3v) is 2.66. The largest absolute Gasteiger partial charge is 0.453 e. The summed E-state index contributed by atoms with van der Waals surface area (Å²) >= 11 is 0. The predicted octanol–water partition coefficient (Wildman–Crippen LogP) is 2.23. The highest BCUT2D eigenvalue weighted by atomic mass is 16.5. The quantitative estimate of drug-likeness (QED) is 0.785. The number of methoxy groups -OCH3 is 1. The van der Waals surface area contributed by atoms with Gasteiger partial charge < -0.3 is 4.74 Å². The average molecular weight is 218 g/mol. The molecule has 4 heteroatoms. The molecule has 0 bridgehead atoms. The molecule has 0 unspecified atom stereocenters. The van der Waals surface area contributed by atoms with Gasteiger partial charge in [-0.2, -0.15) is 0 Å². The van der Waals surface area contributed by atoms with Crippen LogP contribution in [-0.2, 0) is 11.2 Å². The van der Waals surface area contributed by atoms with E-state index in [9.17, 15) is 4.79 Å². The number of hydrogen-bond donors (Lipinski definition) is 1. The highest BCUT2D eigenvalue weighted by Gasteiger charge is 2.11. The maximum absolute atomic E-state index is 11.1. The van der Waals surface area contributed by atoms with Gasteiger partial charge in [0.25, 0.3) is 0 Å². The molecule has 0 spiro atoms. The van der Waals surface area contributed by atoms with Crippen molar-refractivity contribution < 1.29 is 9.53 Å². The molecule has 1 aromatic rings. The van der Waals surface area contributed by atoms with E-state index in [-0.39, 0.29) is 0 Å². The molecule has 1 aliphatic heterocycles. The molecule has 16 heavy (non-hydrogen) atoms. The summed E-state index contributed by atoms with van der Waals surface area (Å²) < 4.78 is 4.55. The Kier molecular flexibility index (Phi) is 2.90. The van der Waals surface area contributed by atoms with Crippen LogP contribution < -0.4 is 5.32 Å². The van der Waals surface area contributed by atoms with E-state index in [4.69, 9.17) is 0 Å². The second kappa shape index (κ2) is 4.35. The van der Waals surface area contributed by atoms with Crippen LogP contribution in [0.2, 0.25) is 0 Å². The number of hydrogen-bond acceptors (Lipinski definition) is 3. The van der Waals surface area contributed by atoms with E-state index in [0.717, 1.165) is 24.4 Å². The Hall–Kier alpha value is -1.84. The van der Waals surface area contributed by atoms with Crippen molar-refractivity contribution in [3.8, 4) is 0 Å². The Morgan fingerprint density at radius 2 is 2.31 bits per heavy atom. The van der Waals surface area contributed by atoms with Crippen LogP contribution >= 0.6 is 0 Å². The third kappa shape index (κ3) is 2.05. The molecule has 1 N–H and O–H groups in total. The van der Waals surface area contributed by atoms with Gasteiger partial charge in [0.2, 0.25) is 0 Å². The van der Waals surface area contributed by atoms with Gasteiger partial charge in [-0.3, -0.25) is 10.3 Å². The molecule has 0 fully saturated rings. The summed E-state index contributed by atoms with van der Waals surface area (Å²) in [6.07, 6.45) is 0.477. The number of anilines is 1. The van der Waals surface area contributed by atoms with Gasteiger partial charge in [-0.15, -0.1) is 0 Å². The lowest BCUT2D eigenvalue weighted by Crippen LogP contribution is -2.13. The molecular formula is C12H14N2O2. The second-order valence-electron chi connectivity index (χ2n) is 3.71. The van der Waals surface area contributed by atoms with Crippen molar-refractivity contribution in [2.24, 2.45) is 4.99 Å². The van der Waals surface area contributed by atoms with Crippen LogP contribution in [-0.4, -0.2) is 25.5 Å². The molecule has 1 amide bonds. The summed E-state index contributed by atoms with van der Waals surface area (Å²) in [5, 5.41) is 2.66. The zero-order valence-corrected chi connectivity index (χ0v) is 9.41. The van der Waals surface area contributed by atoms with Crippen LogP contribution in [0.15, 0.2) is 23.2 Å². The van der Waals surface area contributed by atoms with Crippen molar-refractivity contribution in [2.45, 2.75) is 13.3 Å². The molecule has 0 aromatic heterocycles. The number of fused-ring (bicyclic) bond motifs is 1. The number of benzene rings is 1. The van der Waals surface area contributed by atoms with Crippen molar-refractivity contribution in [3.05, 3.63) is 29.3 Å². The minimum Gasteiger partial charge on any atom is -0.453 e. The normalized spacial score (nSPS) is 13.8. The Bertz CT molecular complexity index is 452. The van der Waals surface area contributed by atoms with Gasteiger partial charge in [0, 0.05) is 17.9 Å². The molecule has 0 aliphatic carbocycles. The van der Waals surface area contributed by atoms with Crippen molar-refractivity contribution in [1.29, 1.82) is 0 Å². The number of amides is 1. The van der Waals surface area contributed by atoms with E-state index in [1.165, 1.54) is 18.2 Å². The lowest BCUT2D eigenvalue weighted by atomic mass is 9.98. The van der Waals surface area contributed by atoms with Gasteiger partial charge in [-0.05, 0) is 36.6 Å². The zero-order valence-electron chi connectivity index (χ0n) is 9.41. The number of aliphatic imine (C=N–C) groups is 1. The Morgan fingerprint density at radius 1 is 1.50 bits per heavy atom. The number of ether oxygens (including phenoxy) is 1. The summed E-state index contributed by atoms with van der Waals surface area (Å²) in [6, 6.07) is 5.82. The van der Waals surface area contributed by atoms with Crippen LogP contribution in [0, 0.1) is 0 Å².